The fourth-order valence-corrected chi connectivity index (χ4v) is 1.81. The van der Waals surface area contributed by atoms with Crippen LogP contribution in [-0.4, -0.2) is 22.1 Å². The summed E-state index contributed by atoms with van der Waals surface area (Å²) in [5, 5.41) is 21.8. The Bertz CT molecular complexity index is 432. The fourth-order valence-electron chi connectivity index (χ4n) is 1.81. The van der Waals surface area contributed by atoms with E-state index in [0.717, 1.165) is 0 Å². The van der Waals surface area contributed by atoms with E-state index >= 15 is 0 Å². The molecular weight excluding hydrogens is 246 g/mol. The van der Waals surface area contributed by atoms with Gasteiger partial charge in [-0.2, -0.15) is 0 Å². The lowest BCUT2D eigenvalue weighted by molar-refractivity contribution is -0.137. The second-order valence-corrected chi connectivity index (χ2v) is 4.38. The molecule has 0 bridgehead atoms. The number of carbonyl (C=O) groups is 2. The number of amides is 1. The number of aliphatic carboxylic acids is 1. The van der Waals surface area contributed by atoms with E-state index in [1.807, 2.05) is 6.07 Å². The van der Waals surface area contributed by atoms with Crippen LogP contribution in [0, 0.1) is 0 Å². The minimum atomic E-state index is -1.51. The maximum Gasteiger partial charge on any atom is 0.303 e. The van der Waals surface area contributed by atoms with E-state index < -0.39 is 11.7 Å². The lowest BCUT2D eigenvalue weighted by atomic mass is 9.96. The third-order valence-corrected chi connectivity index (χ3v) is 2.85. The fraction of sp³-hybridized carbons (Fsp3) is 0.429. The van der Waals surface area contributed by atoms with Gasteiger partial charge >= 0.3 is 5.97 Å². The molecule has 0 saturated heterocycles. The monoisotopic (exact) mass is 265 g/mol. The Hall–Kier alpha value is -1.88. The third kappa shape index (κ3) is 4.71. The third-order valence-electron chi connectivity index (χ3n) is 2.85. The van der Waals surface area contributed by atoms with Crippen LogP contribution in [-0.2, 0) is 15.3 Å². The normalized spacial score (nSPS) is 13.6. The van der Waals surface area contributed by atoms with Crippen molar-refractivity contribution in [3.8, 4) is 0 Å². The van der Waals surface area contributed by atoms with E-state index in [1.54, 1.807) is 31.2 Å². The van der Waals surface area contributed by atoms with Crippen LogP contribution < -0.4 is 5.32 Å². The highest BCUT2D eigenvalue weighted by atomic mass is 16.4. The van der Waals surface area contributed by atoms with Gasteiger partial charge in [0.2, 0.25) is 5.91 Å². The standard InChI is InChI=1S/C14H19NO4/c1-2-12(16)15-14(19,10-6-9-13(17)18)11-7-4-3-5-8-11/h3-5,7-8,19H,2,6,9-10H2,1H3,(H,15,16)(H,17,18). The van der Waals surface area contributed by atoms with E-state index in [0.29, 0.717) is 5.56 Å². The predicted octanol–water partition coefficient (Wildman–Crippen LogP) is 1.61. The van der Waals surface area contributed by atoms with Gasteiger partial charge in [-0.15, -0.1) is 0 Å². The molecule has 19 heavy (non-hydrogen) atoms. The van der Waals surface area contributed by atoms with E-state index in [9.17, 15) is 14.7 Å². The Morgan fingerprint density at radius 3 is 2.42 bits per heavy atom. The molecule has 0 aliphatic carbocycles. The lowest BCUT2D eigenvalue weighted by Crippen LogP contribution is -2.45. The zero-order chi connectivity index (χ0) is 14.3. The van der Waals surface area contributed by atoms with Crippen LogP contribution in [0.25, 0.3) is 0 Å². The minimum Gasteiger partial charge on any atom is -0.481 e. The quantitative estimate of drug-likeness (QED) is 0.654. The van der Waals surface area contributed by atoms with Crippen molar-refractivity contribution in [2.45, 2.75) is 38.3 Å². The van der Waals surface area contributed by atoms with Crippen LogP contribution in [0.5, 0.6) is 0 Å². The molecule has 0 aromatic heterocycles. The zero-order valence-electron chi connectivity index (χ0n) is 10.9. The largest absolute Gasteiger partial charge is 0.481 e. The Balaban J connectivity index is 2.83. The maximum atomic E-state index is 11.5. The number of rotatable bonds is 7. The molecule has 5 nitrogen and oxygen atoms in total. The number of benzene rings is 1. The van der Waals surface area contributed by atoms with E-state index in [4.69, 9.17) is 5.11 Å². The molecule has 0 radical (unpaired) electrons. The topological polar surface area (TPSA) is 86.6 Å². The molecular formula is C14H19NO4. The molecule has 1 rings (SSSR count). The van der Waals surface area contributed by atoms with Crippen molar-refractivity contribution in [2.24, 2.45) is 0 Å². The van der Waals surface area contributed by atoms with E-state index in [2.05, 4.69) is 5.32 Å². The minimum absolute atomic E-state index is 0.0445. The summed E-state index contributed by atoms with van der Waals surface area (Å²) in [6, 6.07) is 8.74. The lowest BCUT2D eigenvalue weighted by Gasteiger charge is -2.29. The van der Waals surface area contributed by atoms with Crippen LogP contribution in [0.4, 0.5) is 0 Å². The first-order valence-electron chi connectivity index (χ1n) is 6.28. The summed E-state index contributed by atoms with van der Waals surface area (Å²) in [7, 11) is 0. The molecule has 5 heteroatoms. The summed E-state index contributed by atoms with van der Waals surface area (Å²) in [5.74, 6) is -1.20. The van der Waals surface area contributed by atoms with Crippen molar-refractivity contribution < 1.29 is 19.8 Å². The Kier molecular flexibility index (Phi) is 5.51. The molecule has 0 aliphatic rings. The number of nitrogens with one attached hydrogen (secondary N) is 1. The van der Waals surface area contributed by atoms with Gasteiger partial charge in [-0.3, -0.25) is 9.59 Å². The van der Waals surface area contributed by atoms with E-state index in [-0.39, 0.29) is 31.6 Å². The summed E-state index contributed by atoms with van der Waals surface area (Å²) >= 11 is 0. The predicted molar refractivity (Wildman–Crippen MR) is 70.3 cm³/mol. The number of carboxylic acid groups (broad SMARTS) is 1. The first-order chi connectivity index (χ1) is 8.98. The van der Waals surface area contributed by atoms with Gasteiger partial charge in [-0.25, -0.2) is 0 Å². The highest BCUT2D eigenvalue weighted by molar-refractivity contribution is 5.76. The van der Waals surface area contributed by atoms with Crippen molar-refractivity contribution in [1.29, 1.82) is 0 Å². The molecule has 1 aromatic carbocycles. The molecule has 0 fully saturated rings. The number of hydrogen-bond acceptors (Lipinski definition) is 3. The highest BCUT2D eigenvalue weighted by Crippen LogP contribution is 2.24. The van der Waals surface area contributed by atoms with Gasteiger partial charge in [0.1, 0.15) is 0 Å². The molecule has 1 amide bonds. The molecule has 1 atom stereocenters. The van der Waals surface area contributed by atoms with Crippen molar-refractivity contribution >= 4 is 11.9 Å². The van der Waals surface area contributed by atoms with Crippen LogP contribution in [0.1, 0.15) is 38.2 Å². The average molecular weight is 265 g/mol. The molecule has 1 unspecified atom stereocenters. The number of carboxylic acids is 1. The molecule has 104 valence electrons. The summed E-state index contributed by atoms with van der Waals surface area (Å²) < 4.78 is 0. The van der Waals surface area contributed by atoms with E-state index in [1.165, 1.54) is 0 Å². The van der Waals surface area contributed by atoms with Crippen molar-refractivity contribution in [1.82, 2.24) is 5.32 Å². The highest BCUT2D eigenvalue weighted by Gasteiger charge is 2.30. The molecule has 3 N–H and O–H groups in total. The van der Waals surface area contributed by atoms with Gasteiger partial charge in [-0.1, -0.05) is 37.3 Å². The van der Waals surface area contributed by atoms with Crippen molar-refractivity contribution in [3.05, 3.63) is 35.9 Å². The van der Waals surface area contributed by atoms with Crippen LogP contribution >= 0.6 is 0 Å². The number of carbonyl (C=O) groups excluding carboxylic acids is 1. The Labute approximate surface area is 112 Å². The summed E-state index contributed by atoms with van der Waals surface area (Å²) in [5.41, 5.74) is -0.953. The van der Waals surface area contributed by atoms with Gasteiger partial charge < -0.3 is 15.5 Å². The number of hydrogen-bond donors (Lipinski definition) is 3. The van der Waals surface area contributed by atoms with Gasteiger partial charge in [0.25, 0.3) is 0 Å². The van der Waals surface area contributed by atoms with Crippen molar-refractivity contribution in [3.63, 3.8) is 0 Å². The second kappa shape index (κ2) is 6.89. The first kappa shape index (κ1) is 15.2. The molecule has 0 heterocycles. The van der Waals surface area contributed by atoms with Gasteiger partial charge in [-0.05, 0) is 6.42 Å². The Morgan fingerprint density at radius 1 is 1.26 bits per heavy atom. The smallest absolute Gasteiger partial charge is 0.303 e. The van der Waals surface area contributed by atoms with Gasteiger partial charge in [0.05, 0.1) is 0 Å². The Morgan fingerprint density at radius 2 is 1.89 bits per heavy atom. The van der Waals surface area contributed by atoms with Crippen LogP contribution in [0.15, 0.2) is 30.3 Å². The van der Waals surface area contributed by atoms with Gasteiger partial charge in [0.15, 0.2) is 5.72 Å². The summed E-state index contributed by atoms with van der Waals surface area (Å²) in [6.07, 6.45) is 0.658. The molecule has 0 aliphatic heterocycles. The summed E-state index contributed by atoms with van der Waals surface area (Å²) in [6.45, 7) is 1.69. The van der Waals surface area contributed by atoms with Crippen LogP contribution in [0.2, 0.25) is 0 Å². The average Bonchev–Trinajstić information content (AvgIpc) is 2.39. The van der Waals surface area contributed by atoms with Crippen molar-refractivity contribution in [2.75, 3.05) is 0 Å². The summed E-state index contributed by atoms with van der Waals surface area (Å²) in [4.78, 5) is 22.0. The molecule has 0 spiro atoms. The van der Waals surface area contributed by atoms with Gasteiger partial charge in [0, 0.05) is 24.8 Å². The SMILES string of the molecule is CCC(=O)NC(O)(CCCC(=O)O)c1ccccc1. The molecule has 1 aromatic rings. The van der Waals surface area contributed by atoms with Crippen LogP contribution in [0.3, 0.4) is 0 Å². The molecule has 0 saturated carbocycles. The number of aliphatic hydroxyl groups is 1. The second-order valence-electron chi connectivity index (χ2n) is 4.38. The maximum absolute atomic E-state index is 11.5. The first-order valence-corrected chi connectivity index (χ1v) is 6.28. The zero-order valence-corrected chi connectivity index (χ0v) is 10.9.